The van der Waals surface area contributed by atoms with Crippen LogP contribution in [0.1, 0.15) is 32.8 Å². The van der Waals surface area contributed by atoms with Gasteiger partial charge in [0, 0.05) is 6.42 Å². The lowest BCUT2D eigenvalue weighted by molar-refractivity contribution is -0.153. The van der Waals surface area contributed by atoms with Gasteiger partial charge in [0.25, 0.3) is 0 Å². The fraction of sp³-hybridized carbons (Fsp3) is 0.400. The molecule has 0 saturated heterocycles. The lowest BCUT2D eigenvalue weighted by Gasteiger charge is -2.28. The quantitative estimate of drug-likeness (QED) is 0.873. The third-order valence-electron chi connectivity index (χ3n) is 3.66. The average Bonchev–Trinajstić information content (AvgIpc) is 2.40. The highest BCUT2D eigenvalue weighted by Gasteiger charge is 2.38. The van der Waals surface area contributed by atoms with Crippen LogP contribution in [0.3, 0.4) is 0 Å². The van der Waals surface area contributed by atoms with Gasteiger partial charge in [-0.05, 0) is 31.0 Å². The largest absolute Gasteiger partial charge is 0.481 e. The number of carboxylic acid groups (broad SMARTS) is 1. The number of aliphatic carboxylic acids is 1. The van der Waals surface area contributed by atoms with E-state index in [1.54, 1.807) is 13.8 Å². The monoisotopic (exact) mass is 308 g/mol. The molecule has 1 aromatic carbocycles. The van der Waals surface area contributed by atoms with Crippen molar-refractivity contribution in [3.05, 3.63) is 28.8 Å². The van der Waals surface area contributed by atoms with E-state index in [1.807, 2.05) is 6.07 Å². The molecule has 1 unspecified atom stereocenters. The van der Waals surface area contributed by atoms with Crippen LogP contribution in [0.15, 0.2) is 18.2 Å². The van der Waals surface area contributed by atoms with Crippen molar-refractivity contribution >= 4 is 29.2 Å². The molecule has 112 valence electrons. The number of benzene rings is 1. The molecular weight excluding hydrogens is 292 g/mol. The van der Waals surface area contributed by atoms with E-state index < -0.39 is 17.3 Å². The first-order chi connectivity index (χ1) is 9.70. The number of rotatable bonds is 5. The molecule has 1 aromatic rings. The molecule has 1 atom stereocenters. The topological polar surface area (TPSA) is 90.2 Å². The Morgan fingerprint density at radius 2 is 2.10 bits per heavy atom. The van der Waals surface area contributed by atoms with Crippen LogP contribution in [0.5, 0.6) is 0 Å². The van der Waals surface area contributed by atoms with Crippen molar-refractivity contribution in [2.75, 3.05) is 5.32 Å². The van der Waals surface area contributed by atoms with Gasteiger partial charge in [-0.15, -0.1) is 0 Å². The van der Waals surface area contributed by atoms with Gasteiger partial charge in [0.2, 0.25) is 5.91 Å². The highest BCUT2D eigenvalue weighted by molar-refractivity contribution is 6.33. The molecule has 21 heavy (non-hydrogen) atoms. The van der Waals surface area contributed by atoms with E-state index in [4.69, 9.17) is 16.9 Å². The number of hydrogen-bond donors (Lipinski definition) is 2. The second kappa shape index (κ2) is 6.59. The lowest BCUT2D eigenvalue weighted by atomic mass is 9.76. The maximum Gasteiger partial charge on any atom is 0.310 e. The summed E-state index contributed by atoms with van der Waals surface area (Å²) in [6.07, 6.45) is -0.174. The Kier molecular flexibility index (Phi) is 5.34. The van der Waals surface area contributed by atoms with Crippen molar-refractivity contribution in [2.45, 2.75) is 27.2 Å². The minimum absolute atomic E-state index is 0.174. The summed E-state index contributed by atoms with van der Waals surface area (Å²) >= 11 is 5.95. The molecule has 6 heteroatoms. The van der Waals surface area contributed by atoms with Gasteiger partial charge in [-0.25, -0.2) is 0 Å². The van der Waals surface area contributed by atoms with Crippen LogP contribution < -0.4 is 5.32 Å². The van der Waals surface area contributed by atoms with E-state index in [0.29, 0.717) is 16.3 Å². The number of carbonyl (C=O) groups is 2. The summed E-state index contributed by atoms with van der Waals surface area (Å²) in [6.45, 7) is 5.04. The van der Waals surface area contributed by atoms with E-state index >= 15 is 0 Å². The predicted octanol–water partition coefficient (Wildman–Crippen LogP) is 3.29. The lowest BCUT2D eigenvalue weighted by Crippen LogP contribution is -2.37. The Labute approximate surface area is 128 Å². The molecule has 0 saturated carbocycles. The highest BCUT2D eigenvalue weighted by atomic mass is 35.5. The molecule has 0 aliphatic carbocycles. The van der Waals surface area contributed by atoms with E-state index in [2.05, 4.69) is 5.32 Å². The maximum atomic E-state index is 12.1. The van der Waals surface area contributed by atoms with Crippen molar-refractivity contribution < 1.29 is 14.7 Å². The first-order valence-electron chi connectivity index (χ1n) is 6.43. The molecular formula is C15H17ClN2O3. The van der Waals surface area contributed by atoms with Crippen molar-refractivity contribution in [2.24, 2.45) is 11.3 Å². The van der Waals surface area contributed by atoms with Crippen molar-refractivity contribution in [1.29, 1.82) is 5.26 Å². The minimum atomic E-state index is -1.16. The number of carbonyl (C=O) groups excluding carboxylic acids is 1. The van der Waals surface area contributed by atoms with Crippen LogP contribution >= 0.6 is 11.6 Å². The molecule has 0 heterocycles. The van der Waals surface area contributed by atoms with Gasteiger partial charge in [0.05, 0.1) is 27.8 Å². The van der Waals surface area contributed by atoms with Gasteiger partial charge in [0.15, 0.2) is 0 Å². The number of halogens is 1. The smallest absolute Gasteiger partial charge is 0.310 e. The SMILES string of the molecule is CC(C)C(C)(CC(=O)Nc1cc(C#N)ccc1Cl)C(=O)O. The Balaban J connectivity index is 2.92. The van der Waals surface area contributed by atoms with Gasteiger partial charge in [0.1, 0.15) is 0 Å². The molecule has 2 N–H and O–H groups in total. The zero-order valence-corrected chi connectivity index (χ0v) is 12.9. The number of anilines is 1. The first kappa shape index (κ1) is 17.0. The summed E-state index contributed by atoms with van der Waals surface area (Å²) in [4.78, 5) is 23.4. The third kappa shape index (κ3) is 3.96. The number of hydrogen-bond acceptors (Lipinski definition) is 3. The van der Waals surface area contributed by atoms with E-state index in [-0.39, 0.29) is 12.3 Å². The Hall–Kier alpha value is -2.06. The van der Waals surface area contributed by atoms with Gasteiger partial charge in [-0.1, -0.05) is 25.4 Å². The van der Waals surface area contributed by atoms with Crippen molar-refractivity contribution in [1.82, 2.24) is 0 Å². The molecule has 0 aromatic heterocycles. The van der Waals surface area contributed by atoms with Crippen molar-refractivity contribution in [3.8, 4) is 6.07 Å². The van der Waals surface area contributed by atoms with Crippen LogP contribution in [-0.2, 0) is 9.59 Å². The number of carboxylic acids is 1. The van der Waals surface area contributed by atoms with Gasteiger partial charge in [-0.2, -0.15) is 5.26 Å². The van der Waals surface area contributed by atoms with Crippen molar-refractivity contribution in [3.63, 3.8) is 0 Å². The summed E-state index contributed by atoms with van der Waals surface area (Å²) in [5.74, 6) is -1.68. The second-order valence-corrected chi connectivity index (χ2v) is 5.82. The van der Waals surface area contributed by atoms with Crippen LogP contribution in [-0.4, -0.2) is 17.0 Å². The third-order valence-corrected chi connectivity index (χ3v) is 3.99. The van der Waals surface area contributed by atoms with E-state index in [0.717, 1.165) is 0 Å². The highest BCUT2D eigenvalue weighted by Crippen LogP contribution is 2.32. The van der Waals surface area contributed by atoms with E-state index in [1.165, 1.54) is 25.1 Å². The average molecular weight is 309 g/mol. The molecule has 0 aliphatic rings. The van der Waals surface area contributed by atoms with E-state index in [9.17, 15) is 14.7 Å². The molecule has 1 rings (SSSR count). The molecule has 1 amide bonds. The number of nitrogens with zero attached hydrogens (tertiary/aromatic N) is 1. The fourth-order valence-electron chi connectivity index (χ4n) is 1.75. The zero-order valence-electron chi connectivity index (χ0n) is 12.1. The normalized spacial score (nSPS) is 13.3. The minimum Gasteiger partial charge on any atom is -0.481 e. The summed E-state index contributed by atoms with van der Waals surface area (Å²) in [6, 6.07) is 6.44. The Bertz CT molecular complexity index is 607. The van der Waals surface area contributed by atoms with Gasteiger partial charge >= 0.3 is 5.97 Å². The summed E-state index contributed by atoms with van der Waals surface area (Å²) < 4.78 is 0. The molecule has 0 fully saturated rings. The van der Waals surface area contributed by atoms with Crippen LogP contribution in [0.4, 0.5) is 5.69 Å². The zero-order chi connectivity index (χ0) is 16.2. The number of amides is 1. The fourth-order valence-corrected chi connectivity index (χ4v) is 1.91. The van der Waals surface area contributed by atoms with Gasteiger partial charge < -0.3 is 10.4 Å². The van der Waals surface area contributed by atoms with Crippen LogP contribution in [0, 0.1) is 22.7 Å². The number of nitriles is 1. The molecule has 0 spiro atoms. The number of nitrogens with one attached hydrogen (secondary N) is 1. The van der Waals surface area contributed by atoms with Crippen LogP contribution in [0.25, 0.3) is 0 Å². The standard InChI is InChI=1S/C15H17ClN2O3/c1-9(2)15(3,14(20)21)7-13(19)18-12-6-10(8-17)4-5-11(12)16/h4-6,9H,7H2,1-3H3,(H,18,19)(H,20,21). The predicted molar refractivity (Wildman–Crippen MR) is 80.0 cm³/mol. The molecule has 0 aliphatic heterocycles. The Morgan fingerprint density at radius 3 is 2.57 bits per heavy atom. The maximum absolute atomic E-state index is 12.1. The summed E-state index contributed by atoms with van der Waals surface area (Å²) in [7, 11) is 0. The van der Waals surface area contributed by atoms with Crippen LogP contribution in [0.2, 0.25) is 5.02 Å². The van der Waals surface area contributed by atoms with Gasteiger partial charge in [-0.3, -0.25) is 9.59 Å². The molecule has 0 bridgehead atoms. The molecule has 0 radical (unpaired) electrons. The first-order valence-corrected chi connectivity index (χ1v) is 6.81. The Morgan fingerprint density at radius 1 is 1.48 bits per heavy atom. The summed E-state index contributed by atoms with van der Waals surface area (Å²) in [5.41, 5.74) is -0.500. The second-order valence-electron chi connectivity index (χ2n) is 5.41. The summed E-state index contributed by atoms with van der Waals surface area (Å²) in [5, 5.41) is 21.0. The molecule has 5 nitrogen and oxygen atoms in total.